The van der Waals surface area contributed by atoms with Crippen molar-refractivity contribution in [2.24, 2.45) is 0 Å². The van der Waals surface area contributed by atoms with Gasteiger partial charge in [0.15, 0.2) is 0 Å². The number of aryl methyl sites for hydroxylation is 1. The van der Waals surface area contributed by atoms with E-state index in [9.17, 15) is 4.39 Å². The smallest absolute Gasteiger partial charge is 0.143 e. The highest BCUT2D eigenvalue weighted by Crippen LogP contribution is 2.18. The number of nitriles is 1. The quantitative estimate of drug-likeness (QED) is 0.898. The highest BCUT2D eigenvalue weighted by atomic mass is 19.1. The van der Waals surface area contributed by atoms with Crippen molar-refractivity contribution in [1.29, 1.82) is 5.26 Å². The van der Waals surface area contributed by atoms with E-state index in [-0.39, 0.29) is 5.56 Å². The summed E-state index contributed by atoms with van der Waals surface area (Å²) in [5.41, 5.74) is 2.59. The largest absolute Gasteiger partial charge is 0.380 e. The molecule has 1 heterocycles. The first-order valence-electron chi connectivity index (χ1n) is 5.53. The Morgan fingerprint density at radius 3 is 2.94 bits per heavy atom. The minimum Gasteiger partial charge on any atom is -0.380 e. The summed E-state index contributed by atoms with van der Waals surface area (Å²) in [7, 11) is 0. The summed E-state index contributed by atoms with van der Waals surface area (Å²) in [5, 5.41) is 11.9. The van der Waals surface area contributed by atoms with Gasteiger partial charge < -0.3 is 5.32 Å². The number of pyridine rings is 1. The molecule has 0 spiro atoms. The Bertz CT molecular complexity index is 602. The Labute approximate surface area is 105 Å². The van der Waals surface area contributed by atoms with Crippen molar-refractivity contribution in [2.75, 3.05) is 5.32 Å². The third-order valence-corrected chi connectivity index (χ3v) is 2.54. The molecule has 0 bridgehead atoms. The molecule has 0 atom stereocenters. The van der Waals surface area contributed by atoms with Gasteiger partial charge in [0.2, 0.25) is 0 Å². The molecule has 2 rings (SSSR count). The second-order valence-electron chi connectivity index (χ2n) is 4.00. The lowest BCUT2D eigenvalue weighted by molar-refractivity contribution is 0.624. The first-order valence-corrected chi connectivity index (χ1v) is 5.53. The fourth-order valence-corrected chi connectivity index (χ4v) is 1.70. The molecule has 4 heteroatoms. The number of hydrogen-bond donors (Lipinski definition) is 1. The number of rotatable bonds is 3. The van der Waals surface area contributed by atoms with Gasteiger partial charge in [-0.1, -0.05) is 12.1 Å². The minimum atomic E-state index is -0.509. The molecule has 0 aliphatic rings. The summed E-state index contributed by atoms with van der Waals surface area (Å²) in [6.07, 6.45) is 3.51. The minimum absolute atomic E-state index is 0.0399. The lowest BCUT2D eigenvalue weighted by Crippen LogP contribution is -2.03. The Hall–Kier alpha value is -2.41. The van der Waals surface area contributed by atoms with Crippen LogP contribution in [0.3, 0.4) is 0 Å². The zero-order valence-electron chi connectivity index (χ0n) is 9.94. The van der Waals surface area contributed by atoms with Crippen molar-refractivity contribution in [3.8, 4) is 6.07 Å². The lowest BCUT2D eigenvalue weighted by atomic mass is 10.1. The van der Waals surface area contributed by atoms with E-state index < -0.39 is 5.82 Å². The van der Waals surface area contributed by atoms with Crippen molar-refractivity contribution in [1.82, 2.24) is 4.98 Å². The van der Waals surface area contributed by atoms with Crippen LogP contribution in [-0.4, -0.2) is 4.98 Å². The van der Waals surface area contributed by atoms with Crippen LogP contribution in [-0.2, 0) is 6.54 Å². The number of anilines is 1. The first kappa shape index (κ1) is 12.1. The van der Waals surface area contributed by atoms with Gasteiger partial charge in [0.25, 0.3) is 0 Å². The SMILES string of the molecule is Cc1cncc(CNc2cccc(F)c2C#N)c1. The second kappa shape index (κ2) is 5.28. The summed E-state index contributed by atoms with van der Waals surface area (Å²) in [5.74, 6) is -0.509. The van der Waals surface area contributed by atoms with E-state index in [1.54, 1.807) is 24.5 Å². The Morgan fingerprint density at radius 1 is 1.39 bits per heavy atom. The second-order valence-corrected chi connectivity index (χ2v) is 4.00. The predicted molar refractivity (Wildman–Crippen MR) is 67.4 cm³/mol. The van der Waals surface area contributed by atoms with Crippen LogP contribution in [0.4, 0.5) is 10.1 Å². The molecular weight excluding hydrogens is 229 g/mol. The van der Waals surface area contributed by atoms with E-state index in [1.807, 2.05) is 19.1 Å². The molecule has 0 unspecified atom stereocenters. The number of nitrogens with zero attached hydrogens (tertiary/aromatic N) is 2. The molecular formula is C14H12FN3. The summed E-state index contributed by atoms with van der Waals surface area (Å²) in [6.45, 7) is 2.46. The summed E-state index contributed by atoms with van der Waals surface area (Å²) in [6, 6.07) is 8.39. The van der Waals surface area contributed by atoms with Crippen LogP contribution < -0.4 is 5.32 Å². The number of benzene rings is 1. The maximum Gasteiger partial charge on any atom is 0.143 e. The van der Waals surface area contributed by atoms with Crippen molar-refractivity contribution in [3.05, 3.63) is 59.2 Å². The molecule has 2 aromatic rings. The first-order chi connectivity index (χ1) is 8.70. The van der Waals surface area contributed by atoms with Crippen LogP contribution in [0.25, 0.3) is 0 Å². The predicted octanol–water partition coefficient (Wildman–Crippen LogP) is 3.01. The van der Waals surface area contributed by atoms with Gasteiger partial charge in [-0.2, -0.15) is 5.26 Å². The number of hydrogen-bond acceptors (Lipinski definition) is 3. The molecule has 0 fully saturated rings. The highest BCUT2D eigenvalue weighted by molar-refractivity contribution is 5.58. The van der Waals surface area contributed by atoms with Crippen LogP contribution in [0.15, 0.2) is 36.7 Å². The average molecular weight is 241 g/mol. The van der Waals surface area contributed by atoms with Crippen molar-refractivity contribution >= 4 is 5.69 Å². The van der Waals surface area contributed by atoms with Crippen molar-refractivity contribution < 1.29 is 4.39 Å². The zero-order chi connectivity index (χ0) is 13.0. The maximum atomic E-state index is 13.4. The number of halogens is 1. The van der Waals surface area contributed by atoms with E-state index in [0.717, 1.165) is 11.1 Å². The van der Waals surface area contributed by atoms with Gasteiger partial charge in [0.1, 0.15) is 17.4 Å². The van der Waals surface area contributed by atoms with Gasteiger partial charge in [-0.05, 0) is 30.2 Å². The van der Waals surface area contributed by atoms with Crippen molar-refractivity contribution in [2.45, 2.75) is 13.5 Å². The third kappa shape index (κ3) is 2.64. The summed E-state index contributed by atoms with van der Waals surface area (Å²) in [4.78, 5) is 4.08. The molecule has 0 radical (unpaired) electrons. The molecule has 3 nitrogen and oxygen atoms in total. The molecule has 0 saturated heterocycles. The Kier molecular flexibility index (Phi) is 3.54. The van der Waals surface area contributed by atoms with Gasteiger partial charge >= 0.3 is 0 Å². The fraction of sp³-hybridized carbons (Fsp3) is 0.143. The van der Waals surface area contributed by atoms with Gasteiger partial charge in [-0.25, -0.2) is 4.39 Å². The topological polar surface area (TPSA) is 48.7 Å². The molecule has 1 aromatic carbocycles. The van der Waals surface area contributed by atoms with Crippen LogP contribution in [0.5, 0.6) is 0 Å². The molecule has 90 valence electrons. The average Bonchev–Trinajstić information content (AvgIpc) is 2.36. The van der Waals surface area contributed by atoms with Gasteiger partial charge in [-0.3, -0.25) is 4.98 Å². The zero-order valence-corrected chi connectivity index (χ0v) is 9.94. The summed E-state index contributed by atoms with van der Waals surface area (Å²) < 4.78 is 13.4. The van der Waals surface area contributed by atoms with E-state index >= 15 is 0 Å². The van der Waals surface area contributed by atoms with E-state index in [1.165, 1.54) is 6.07 Å². The maximum absolute atomic E-state index is 13.4. The highest BCUT2D eigenvalue weighted by Gasteiger charge is 2.06. The molecule has 1 N–H and O–H groups in total. The standard InChI is InChI=1S/C14H12FN3/c1-10-5-11(8-17-7-10)9-18-14-4-2-3-13(15)12(14)6-16/h2-5,7-8,18H,9H2,1H3. The van der Waals surface area contributed by atoms with E-state index in [4.69, 9.17) is 5.26 Å². The number of aromatic nitrogens is 1. The van der Waals surface area contributed by atoms with Gasteiger partial charge in [0, 0.05) is 18.9 Å². The molecule has 0 aliphatic carbocycles. The van der Waals surface area contributed by atoms with Crippen LogP contribution >= 0.6 is 0 Å². The molecule has 1 aromatic heterocycles. The van der Waals surface area contributed by atoms with Gasteiger partial charge in [0.05, 0.1) is 5.69 Å². The molecule has 18 heavy (non-hydrogen) atoms. The van der Waals surface area contributed by atoms with Gasteiger partial charge in [-0.15, -0.1) is 0 Å². The van der Waals surface area contributed by atoms with Crippen molar-refractivity contribution in [3.63, 3.8) is 0 Å². The summed E-state index contributed by atoms with van der Waals surface area (Å²) >= 11 is 0. The Morgan fingerprint density at radius 2 is 2.22 bits per heavy atom. The van der Waals surface area contributed by atoms with Crippen LogP contribution in [0.2, 0.25) is 0 Å². The van der Waals surface area contributed by atoms with Crippen LogP contribution in [0, 0.1) is 24.1 Å². The number of nitrogens with one attached hydrogen (secondary N) is 1. The van der Waals surface area contributed by atoms with Crippen LogP contribution in [0.1, 0.15) is 16.7 Å². The van der Waals surface area contributed by atoms with E-state index in [0.29, 0.717) is 12.2 Å². The molecule has 0 amide bonds. The lowest BCUT2D eigenvalue weighted by Gasteiger charge is -2.08. The molecule has 0 aliphatic heterocycles. The third-order valence-electron chi connectivity index (χ3n) is 2.54. The fourth-order valence-electron chi connectivity index (χ4n) is 1.70. The monoisotopic (exact) mass is 241 g/mol. The molecule has 0 saturated carbocycles. The Balaban J connectivity index is 2.16. The normalized spacial score (nSPS) is 9.83. The van der Waals surface area contributed by atoms with E-state index in [2.05, 4.69) is 10.3 Å².